The summed E-state index contributed by atoms with van der Waals surface area (Å²) in [5, 5.41) is 3.68. The predicted molar refractivity (Wildman–Crippen MR) is 99.1 cm³/mol. The lowest BCUT2D eigenvalue weighted by Crippen LogP contribution is -2.32. The number of aromatic nitrogens is 1. The molecule has 3 nitrogen and oxygen atoms in total. The Hall–Kier alpha value is -1.94. The minimum atomic E-state index is -0.458. The Bertz CT molecular complexity index is 696. The lowest BCUT2D eigenvalue weighted by molar-refractivity contribution is 0.284. The average Bonchev–Trinajstić information content (AvgIpc) is 2.66. The summed E-state index contributed by atoms with van der Waals surface area (Å²) >= 11 is 0. The summed E-state index contributed by atoms with van der Waals surface area (Å²) in [5.74, 6) is 1.31. The molecule has 0 radical (unpaired) electrons. The van der Waals surface area contributed by atoms with E-state index >= 15 is 0 Å². The van der Waals surface area contributed by atoms with Gasteiger partial charge in [-0.3, -0.25) is 0 Å². The number of rotatable bonds is 6. The van der Waals surface area contributed by atoms with Crippen LogP contribution in [0.15, 0.2) is 36.5 Å². The van der Waals surface area contributed by atoms with Crippen LogP contribution in [-0.2, 0) is 6.54 Å². The second-order valence-corrected chi connectivity index (χ2v) is 6.90. The van der Waals surface area contributed by atoms with Crippen LogP contribution in [0.3, 0.4) is 0 Å². The van der Waals surface area contributed by atoms with E-state index < -0.39 is 5.95 Å². The van der Waals surface area contributed by atoms with Gasteiger partial charge in [0.05, 0.1) is 7.11 Å². The third-order valence-corrected chi connectivity index (χ3v) is 5.35. The van der Waals surface area contributed by atoms with Crippen LogP contribution in [0, 0.1) is 11.9 Å². The minimum Gasteiger partial charge on any atom is -0.496 e. The first-order chi connectivity index (χ1) is 12.2. The standard InChI is InChI=1S/C21H27FN2O/c1-3-15-4-7-19(8-5-15)24-14-18-12-16(6-9-20(18)25-2)17-10-11-23-21(22)13-17/h6,9-13,15,19,24H,3-5,7-8,14H2,1-2H3. The number of ether oxygens (including phenoxy) is 1. The quantitative estimate of drug-likeness (QED) is 0.754. The number of nitrogens with one attached hydrogen (secondary N) is 1. The fraction of sp³-hybridized carbons (Fsp3) is 0.476. The Morgan fingerprint density at radius 2 is 1.88 bits per heavy atom. The van der Waals surface area contributed by atoms with Gasteiger partial charge in [-0.25, -0.2) is 4.98 Å². The fourth-order valence-corrected chi connectivity index (χ4v) is 3.71. The molecule has 1 aromatic heterocycles. The zero-order valence-electron chi connectivity index (χ0n) is 15.1. The van der Waals surface area contributed by atoms with Gasteiger partial charge in [-0.2, -0.15) is 4.39 Å². The molecule has 3 rings (SSSR count). The topological polar surface area (TPSA) is 34.2 Å². The second kappa shape index (κ2) is 8.43. The Balaban J connectivity index is 1.70. The molecular weight excluding hydrogens is 315 g/mol. The van der Waals surface area contributed by atoms with Crippen LogP contribution < -0.4 is 10.1 Å². The number of hydrogen-bond acceptors (Lipinski definition) is 3. The maximum Gasteiger partial charge on any atom is 0.213 e. The van der Waals surface area contributed by atoms with Crippen molar-refractivity contribution in [1.82, 2.24) is 10.3 Å². The van der Waals surface area contributed by atoms with Gasteiger partial charge in [0, 0.05) is 30.4 Å². The summed E-state index contributed by atoms with van der Waals surface area (Å²) in [7, 11) is 1.69. The molecule has 0 spiro atoms. The molecule has 1 aromatic carbocycles. The molecular formula is C21H27FN2O. The lowest BCUT2D eigenvalue weighted by atomic mass is 9.84. The monoisotopic (exact) mass is 342 g/mol. The van der Waals surface area contributed by atoms with Gasteiger partial charge >= 0.3 is 0 Å². The van der Waals surface area contributed by atoms with Gasteiger partial charge in [0.2, 0.25) is 5.95 Å². The van der Waals surface area contributed by atoms with Crippen LogP contribution in [-0.4, -0.2) is 18.1 Å². The number of methoxy groups -OCH3 is 1. The van der Waals surface area contributed by atoms with Crippen molar-refractivity contribution in [2.45, 2.75) is 51.6 Å². The zero-order chi connectivity index (χ0) is 17.6. The SMILES string of the molecule is CCC1CCC(NCc2cc(-c3ccnc(F)c3)ccc2OC)CC1. The molecule has 0 aliphatic heterocycles. The second-order valence-electron chi connectivity index (χ2n) is 6.90. The Labute approximate surface area is 149 Å². The smallest absolute Gasteiger partial charge is 0.213 e. The predicted octanol–water partition coefficient (Wildman–Crippen LogP) is 4.95. The van der Waals surface area contributed by atoms with E-state index in [9.17, 15) is 4.39 Å². The first-order valence-corrected chi connectivity index (χ1v) is 9.21. The van der Waals surface area contributed by atoms with E-state index in [1.54, 1.807) is 7.11 Å². The molecule has 134 valence electrons. The van der Waals surface area contributed by atoms with Crippen molar-refractivity contribution < 1.29 is 9.13 Å². The summed E-state index contributed by atoms with van der Waals surface area (Å²) in [5.41, 5.74) is 2.92. The summed E-state index contributed by atoms with van der Waals surface area (Å²) in [6.07, 6.45) is 7.93. The summed E-state index contributed by atoms with van der Waals surface area (Å²) < 4.78 is 18.9. The highest BCUT2D eigenvalue weighted by Gasteiger charge is 2.19. The van der Waals surface area contributed by atoms with Gasteiger partial charge in [-0.15, -0.1) is 0 Å². The zero-order valence-corrected chi connectivity index (χ0v) is 15.1. The van der Waals surface area contributed by atoms with Crippen LogP contribution in [0.1, 0.15) is 44.6 Å². The largest absolute Gasteiger partial charge is 0.496 e. The average molecular weight is 342 g/mol. The van der Waals surface area contributed by atoms with Crippen LogP contribution >= 0.6 is 0 Å². The maximum absolute atomic E-state index is 13.4. The molecule has 0 amide bonds. The van der Waals surface area contributed by atoms with Crippen LogP contribution in [0.4, 0.5) is 4.39 Å². The molecule has 1 aliphatic carbocycles. The fourth-order valence-electron chi connectivity index (χ4n) is 3.71. The van der Waals surface area contributed by atoms with Crippen molar-refractivity contribution in [1.29, 1.82) is 0 Å². The summed E-state index contributed by atoms with van der Waals surface area (Å²) in [6, 6.07) is 9.87. The van der Waals surface area contributed by atoms with Crippen LogP contribution in [0.5, 0.6) is 5.75 Å². The summed E-state index contributed by atoms with van der Waals surface area (Å²) in [4.78, 5) is 3.63. The molecule has 1 N–H and O–H groups in total. The van der Waals surface area contributed by atoms with Crippen molar-refractivity contribution in [3.63, 3.8) is 0 Å². The van der Waals surface area contributed by atoms with E-state index in [-0.39, 0.29) is 0 Å². The molecule has 0 unspecified atom stereocenters. The van der Waals surface area contributed by atoms with E-state index in [4.69, 9.17) is 4.74 Å². The van der Waals surface area contributed by atoms with Gasteiger partial charge in [0.25, 0.3) is 0 Å². The molecule has 25 heavy (non-hydrogen) atoms. The van der Waals surface area contributed by atoms with Gasteiger partial charge in [-0.1, -0.05) is 19.4 Å². The van der Waals surface area contributed by atoms with Gasteiger partial charge in [0.15, 0.2) is 0 Å². The molecule has 0 atom stereocenters. The first kappa shape index (κ1) is 17.9. The third-order valence-electron chi connectivity index (χ3n) is 5.35. The Kier molecular flexibility index (Phi) is 6.03. The number of benzene rings is 1. The van der Waals surface area contributed by atoms with Crippen molar-refractivity contribution in [3.05, 3.63) is 48.0 Å². The Morgan fingerprint density at radius 3 is 2.56 bits per heavy atom. The highest BCUT2D eigenvalue weighted by molar-refractivity contribution is 5.65. The van der Waals surface area contributed by atoms with Crippen LogP contribution in [0.25, 0.3) is 11.1 Å². The van der Waals surface area contributed by atoms with Crippen LogP contribution in [0.2, 0.25) is 0 Å². The minimum absolute atomic E-state index is 0.458. The van der Waals surface area contributed by atoms with E-state index in [0.717, 1.165) is 34.9 Å². The number of halogens is 1. The van der Waals surface area contributed by atoms with Crippen molar-refractivity contribution in [2.75, 3.05) is 7.11 Å². The molecule has 0 saturated heterocycles. The van der Waals surface area contributed by atoms with E-state index in [1.807, 2.05) is 18.2 Å². The van der Waals surface area contributed by atoms with Gasteiger partial charge < -0.3 is 10.1 Å². The number of hydrogen-bond donors (Lipinski definition) is 1. The Morgan fingerprint density at radius 1 is 1.12 bits per heavy atom. The maximum atomic E-state index is 13.4. The first-order valence-electron chi connectivity index (χ1n) is 9.21. The molecule has 4 heteroatoms. The molecule has 1 aliphatic rings. The van der Waals surface area contributed by atoms with E-state index in [1.165, 1.54) is 44.4 Å². The third kappa shape index (κ3) is 4.57. The molecule has 1 heterocycles. The normalized spacial score (nSPS) is 20.4. The molecule has 1 fully saturated rings. The van der Waals surface area contributed by atoms with E-state index in [2.05, 4.69) is 23.3 Å². The van der Waals surface area contributed by atoms with Crippen molar-refractivity contribution in [3.8, 4) is 16.9 Å². The molecule has 1 saturated carbocycles. The lowest BCUT2D eigenvalue weighted by Gasteiger charge is -2.28. The number of nitrogens with zero attached hydrogens (tertiary/aromatic N) is 1. The highest BCUT2D eigenvalue weighted by Crippen LogP contribution is 2.29. The van der Waals surface area contributed by atoms with Crippen molar-refractivity contribution >= 4 is 0 Å². The number of pyridine rings is 1. The van der Waals surface area contributed by atoms with Gasteiger partial charge in [0.1, 0.15) is 5.75 Å². The highest BCUT2D eigenvalue weighted by atomic mass is 19.1. The van der Waals surface area contributed by atoms with Gasteiger partial charge in [-0.05, 0) is 60.9 Å². The summed E-state index contributed by atoms with van der Waals surface area (Å²) in [6.45, 7) is 3.06. The molecule has 0 bridgehead atoms. The molecule has 2 aromatic rings. The van der Waals surface area contributed by atoms with E-state index in [0.29, 0.717) is 6.04 Å². The van der Waals surface area contributed by atoms with Crippen molar-refractivity contribution in [2.24, 2.45) is 5.92 Å².